The molecule has 0 aliphatic heterocycles. The molecule has 1 N–H and O–H groups in total. The van der Waals surface area contributed by atoms with Crippen molar-refractivity contribution in [2.75, 3.05) is 0 Å². The molecule has 1 aliphatic rings. The fourth-order valence-electron chi connectivity index (χ4n) is 2.82. The van der Waals surface area contributed by atoms with Crippen molar-refractivity contribution in [3.05, 3.63) is 53.6 Å². The van der Waals surface area contributed by atoms with E-state index in [9.17, 15) is 5.11 Å². The van der Waals surface area contributed by atoms with Gasteiger partial charge in [0.1, 0.15) is 17.1 Å². The molecule has 0 saturated carbocycles. The standard InChI is InChI=1S/C16H12O2/c17-11-7-5-10-6-8-13-12-3-1-2-4-15(12)18-16(13)14(10)9-11/h1-5,7,9,17H,6,8H2. The Morgan fingerprint density at radius 1 is 1.00 bits per heavy atom. The predicted molar refractivity (Wildman–Crippen MR) is 70.7 cm³/mol. The SMILES string of the molecule is Oc1ccc2c(c1)-c1oc3ccccc3c1CC2. The summed E-state index contributed by atoms with van der Waals surface area (Å²) in [4.78, 5) is 0. The molecular formula is C16H12O2. The number of furan rings is 1. The molecule has 0 radical (unpaired) electrons. The predicted octanol–water partition coefficient (Wildman–Crippen LogP) is 3.90. The van der Waals surface area contributed by atoms with E-state index in [0.29, 0.717) is 5.75 Å². The average Bonchev–Trinajstić information content (AvgIpc) is 2.78. The van der Waals surface area contributed by atoms with Crippen molar-refractivity contribution in [1.29, 1.82) is 0 Å². The molecule has 2 aromatic carbocycles. The van der Waals surface area contributed by atoms with Crippen molar-refractivity contribution in [3.8, 4) is 17.1 Å². The summed E-state index contributed by atoms with van der Waals surface area (Å²) in [7, 11) is 0. The van der Waals surface area contributed by atoms with Gasteiger partial charge in [0, 0.05) is 16.5 Å². The molecule has 88 valence electrons. The Bertz CT molecular complexity index is 753. The Hall–Kier alpha value is -2.22. The third-order valence-electron chi connectivity index (χ3n) is 3.68. The Balaban J connectivity index is 2.08. The summed E-state index contributed by atoms with van der Waals surface area (Å²) in [5, 5.41) is 10.8. The van der Waals surface area contributed by atoms with Crippen LogP contribution in [0.2, 0.25) is 0 Å². The molecule has 4 rings (SSSR count). The number of para-hydroxylation sites is 1. The normalized spacial score (nSPS) is 13.3. The maximum atomic E-state index is 9.65. The molecule has 18 heavy (non-hydrogen) atoms. The summed E-state index contributed by atoms with van der Waals surface area (Å²) in [5.41, 5.74) is 4.48. The van der Waals surface area contributed by atoms with Gasteiger partial charge in [-0.3, -0.25) is 0 Å². The number of phenols is 1. The zero-order chi connectivity index (χ0) is 12.1. The molecule has 3 aromatic rings. The Kier molecular flexibility index (Phi) is 1.84. The van der Waals surface area contributed by atoms with Crippen molar-refractivity contribution < 1.29 is 9.52 Å². The van der Waals surface area contributed by atoms with E-state index in [1.54, 1.807) is 12.1 Å². The minimum Gasteiger partial charge on any atom is -0.508 e. The molecule has 1 aliphatic carbocycles. The van der Waals surface area contributed by atoms with Crippen LogP contribution < -0.4 is 0 Å². The van der Waals surface area contributed by atoms with Gasteiger partial charge in [-0.25, -0.2) is 0 Å². The van der Waals surface area contributed by atoms with Gasteiger partial charge in [0.2, 0.25) is 0 Å². The zero-order valence-electron chi connectivity index (χ0n) is 9.81. The fourth-order valence-corrected chi connectivity index (χ4v) is 2.82. The first-order valence-electron chi connectivity index (χ1n) is 6.15. The van der Waals surface area contributed by atoms with E-state index in [-0.39, 0.29) is 0 Å². The lowest BCUT2D eigenvalue weighted by Crippen LogP contribution is -2.01. The Labute approximate surface area is 104 Å². The van der Waals surface area contributed by atoms with Gasteiger partial charge in [-0.15, -0.1) is 0 Å². The summed E-state index contributed by atoms with van der Waals surface area (Å²) in [6.07, 6.45) is 2.01. The number of fused-ring (bicyclic) bond motifs is 5. The van der Waals surface area contributed by atoms with Gasteiger partial charge in [-0.1, -0.05) is 24.3 Å². The van der Waals surface area contributed by atoms with Crippen molar-refractivity contribution >= 4 is 11.0 Å². The second-order valence-electron chi connectivity index (χ2n) is 4.75. The van der Waals surface area contributed by atoms with Gasteiger partial charge in [0.25, 0.3) is 0 Å². The lowest BCUT2D eigenvalue weighted by atomic mass is 9.89. The number of aryl methyl sites for hydroxylation is 2. The highest BCUT2D eigenvalue weighted by molar-refractivity contribution is 5.89. The van der Waals surface area contributed by atoms with Crippen LogP contribution >= 0.6 is 0 Å². The van der Waals surface area contributed by atoms with Crippen LogP contribution in [0, 0.1) is 0 Å². The van der Waals surface area contributed by atoms with Crippen molar-refractivity contribution in [2.45, 2.75) is 12.8 Å². The van der Waals surface area contributed by atoms with E-state index in [1.807, 2.05) is 24.3 Å². The number of hydrogen-bond acceptors (Lipinski definition) is 2. The van der Waals surface area contributed by atoms with Crippen LogP contribution in [0.3, 0.4) is 0 Å². The Morgan fingerprint density at radius 2 is 1.89 bits per heavy atom. The van der Waals surface area contributed by atoms with Crippen LogP contribution in [0.5, 0.6) is 5.75 Å². The minimum absolute atomic E-state index is 0.294. The van der Waals surface area contributed by atoms with Crippen LogP contribution in [0.25, 0.3) is 22.3 Å². The topological polar surface area (TPSA) is 33.4 Å². The number of phenolic OH excluding ortho intramolecular Hbond substituents is 1. The third kappa shape index (κ3) is 1.23. The maximum Gasteiger partial charge on any atom is 0.139 e. The molecule has 0 unspecified atom stereocenters. The number of benzene rings is 2. The van der Waals surface area contributed by atoms with Gasteiger partial charge >= 0.3 is 0 Å². The Morgan fingerprint density at radius 3 is 2.83 bits per heavy atom. The molecule has 1 heterocycles. The molecule has 2 nitrogen and oxygen atoms in total. The fraction of sp³-hybridized carbons (Fsp3) is 0.125. The molecule has 0 bridgehead atoms. The van der Waals surface area contributed by atoms with Gasteiger partial charge in [0.05, 0.1) is 0 Å². The molecule has 1 aromatic heterocycles. The first-order chi connectivity index (χ1) is 8.83. The molecule has 0 amide bonds. The van der Waals surface area contributed by atoms with Crippen molar-refractivity contribution in [2.24, 2.45) is 0 Å². The minimum atomic E-state index is 0.294. The molecule has 0 saturated heterocycles. The summed E-state index contributed by atoms with van der Waals surface area (Å²) < 4.78 is 5.96. The van der Waals surface area contributed by atoms with E-state index in [4.69, 9.17) is 4.42 Å². The lowest BCUT2D eigenvalue weighted by molar-refractivity contribution is 0.475. The summed E-state index contributed by atoms with van der Waals surface area (Å²) in [5.74, 6) is 1.22. The average molecular weight is 236 g/mol. The van der Waals surface area contributed by atoms with Crippen LogP contribution in [0.4, 0.5) is 0 Å². The first kappa shape index (κ1) is 9.77. The molecular weight excluding hydrogens is 224 g/mol. The second kappa shape index (κ2) is 3.39. The summed E-state index contributed by atoms with van der Waals surface area (Å²) in [6.45, 7) is 0. The van der Waals surface area contributed by atoms with Gasteiger partial charge in [-0.2, -0.15) is 0 Å². The van der Waals surface area contributed by atoms with E-state index in [0.717, 1.165) is 29.7 Å². The monoisotopic (exact) mass is 236 g/mol. The second-order valence-corrected chi connectivity index (χ2v) is 4.75. The molecule has 2 heteroatoms. The lowest BCUT2D eigenvalue weighted by Gasteiger charge is -2.15. The summed E-state index contributed by atoms with van der Waals surface area (Å²) >= 11 is 0. The summed E-state index contributed by atoms with van der Waals surface area (Å²) in [6, 6.07) is 13.7. The maximum absolute atomic E-state index is 9.65. The van der Waals surface area contributed by atoms with Crippen LogP contribution in [-0.2, 0) is 12.8 Å². The van der Waals surface area contributed by atoms with Gasteiger partial charge in [-0.05, 0) is 36.6 Å². The highest BCUT2D eigenvalue weighted by Crippen LogP contribution is 2.40. The molecule has 0 atom stereocenters. The zero-order valence-corrected chi connectivity index (χ0v) is 9.81. The third-order valence-corrected chi connectivity index (χ3v) is 3.68. The van der Waals surface area contributed by atoms with E-state index in [2.05, 4.69) is 6.07 Å². The van der Waals surface area contributed by atoms with Crippen molar-refractivity contribution in [3.63, 3.8) is 0 Å². The van der Waals surface area contributed by atoms with E-state index >= 15 is 0 Å². The molecule has 0 fully saturated rings. The van der Waals surface area contributed by atoms with Gasteiger partial charge in [0.15, 0.2) is 0 Å². The number of rotatable bonds is 0. The number of hydrogen-bond donors (Lipinski definition) is 1. The van der Waals surface area contributed by atoms with Crippen LogP contribution in [0.15, 0.2) is 46.9 Å². The van der Waals surface area contributed by atoms with Crippen LogP contribution in [0.1, 0.15) is 11.1 Å². The largest absolute Gasteiger partial charge is 0.508 e. The van der Waals surface area contributed by atoms with Gasteiger partial charge < -0.3 is 9.52 Å². The van der Waals surface area contributed by atoms with E-state index < -0.39 is 0 Å². The first-order valence-corrected chi connectivity index (χ1v) is 6.15. The smallest absolute Gasteiger partial charge is 0.139 e. The highest BCUT2D eigenvalue weighted by Gasteiger charge is 2.22. The quantitative estimate of drug-likeness (QED) is 0.642. The van der Waals surface area contributed by atoms with Crippen LogP contribution in [-0.4, -0.2) is 5.11 Å². The molecule has 0 spiro atoms. The number of aromatic hydroxyl groups is 1. The highest BCUT2D eigenvalue weighted by atomic mass is 16.3. The van der Waals surface area contributed by atoms with Crippen molar-refractivity contribution in [1.82, 2.24) is 0 Å². The van der Waals surface area contributed by atoms with E-state index in [1.165, 1.54) is 16.5 Å².